The molecule has 3 rings (SSSR count). The molecule has 0 aliphatic heterocycles. The molecular weight excluding hydrogens is 326 g/mol. The zero-order chi connectivity index (χ0) is 17.4. The van der Waals surface area contributed by atoms with Crippen LogP contribution in [-0.4, -0.2) is 32.5 Å². The third kappa shape index (κ3) is 2.37. The summed E-state index contributed by atoms with van der Waals surface area (Å²) < 4.78 is 31.0. The molecule has 3 atom stereocenters. The number of nitriles is 1. The number of hydrogen-bond acceptors (Lipinski definition) is 5. The first-order valence-corrected chi connectivity index (χ1v) is 9.01. The maximum absolute atomic E-state index is 12.9. The number of methoxy groups -OCH3 is 1. The van der Waals surface area contributed by atoms with E-state index in [1.807, 2.05) is 6.07 Å². The molecule has 3 unspecified atom stereocenters. The van der Waals surface area contributed by atoms with Crippen LogP contribution in [0.4, 0.5) is 0 Å². The summed E-state index contributed by atoms with van der Waals surface area (Å²) in [4.78, 5) is 0.166. The lowest BCUT2D eigenvalue weighted by molar-refractivity contribution is 0.242. The van der Waals surface area contributed by atoms with Gasteiger partial charge in [0.15, 0.2) is 9.84 Å². The van der Waals surface area contributed by atoms with Crippen molar-refractivity contribution in [3.8, 4) is 11.8 Å². The Labute approximate surface area is 141 Å². The molecule has 24 heavy (non-hydrogen) atoms. The Bertz CT molecular complexity index is 871. The standard InChI is InChI=1S/C18H17NO4S/c1-23-14-9-7-13(8-10-14)16-17(18(16,11-19)12-20)24(21,22)15-5-3-2-4-6-15/h2-10,16-17,20H,12H2,1H3. The van der Waals surface area contributed by atoms with Gasteiger partial charge in [-0.2, -0.15) is 5.26 Å². The summed E-state index contributed by atoms with van der Waals surface area (Å²) in [5, 5.41) is 18.4. The lowest BCUT2D eigenvalue weighted by atomic mass is 10.0. The van der Waals surface area contributed by atoms with Crippen molar-refractivity contribution in [2.24, 2.45) is 5.41 Å². The van der Waals surface area contributed by atoms with Crippen LogP contribution in [-0.2, 0) is 9.84 Å². The van der Waals surface area contributed by atoms with Gasteiger partial charge in [0.05, 0.1) is 29.9 Å². The van der Waals surface area contributed by atoms with E-state index in [1.165, 1.54) is 12.1 Å². The average Bonchev–Trinajstić information content (AvgIpc) is 3.33. The van der Waals surface area contributed by atoms with Gasteiger partial charge in [0.1, 0.15) is 11.2 Å². The topological polar surface area (TPSA) is 87.4 Å². The third-order valence-corrected chi connectivity index (χ3v) is 6.90. The summed E-state index contributed by atoms with van der Waals surface area (Å²) in [5.74, 6) is 0.0806. The highest BCUT2D eigenvalue weighted by Crippen LogP contribution is 2.63. The number of benzene rings is 2. The zero-order valence-corrected chi connectivity index (χ0v) is 13.9. The Balaban J connectivity index is 2.04. The van der Waals surface area contributed by atoms with Gasteiger partial charge in [-0.15, -0.1) is 0 Å². The van der Waals surface area contributed by atoms with Gasteiger partial charge in [-0.25, -0.2) is 8.42 Å². The summed E-state index contributed by atoms with van der Waals surface area (Å²) in [6.45, 7) is -0.503. The van der Waals surface area contributed by atoms with Crippen LogP contribution < -0.4 is 4.74 Å². The SMILES string of the molecule is COc1ccc(C2C(S(=O)(=O)c3ccccc3)C2(C#N)CO)cc1. The first-order chi connectivity index (χ1) is 11.5. The van der Waals surface area contributed by atoms with Gasteiger partial charge < -0.3 is 9.84 Å². The monoisotopic (exact) mass is 343 g/mol. The predicted molar refractivity (Wildman–Crippen MR) is 88.3 cm³/mol. The molecule has 2 aromatic carbocycles. The Morgan fingerprint density at radius 1 is 1.17 bits per heavy atom. The molecule has 5 nitrogen and oxygen atoms in total. The van der Waals surface area contributed by atoms with Crippen LogP contribution in [0.5, 0.6) is 5.75 Å². The van der Waals surface area contributed by atoms with Crippen molar-refractivity contribution in [3.63, 3.8) is 0 Å². The Hall–Kier alpha value is -2.36. The van der Waals surface area contributed by atoms with Gasteiger partial charge in [-0.3, -0.25) is 0 Å². The number of aliphatic hydroxyl groups excluding tert-OH is 1. The Morgan fingerprint density at radius 3 is 2.29 bits per heavy atom. The quantitative estimate of drug-likeness (QED) is 0.899. The predicted octanol–water partition coefficient (Wildman–Crippen LogP) is 2.14. The summed E-state index contributed by atoms with van der Waals surface area (Å²) in [7, 11) is -2.18. The van der Waals surface area contributed by atoms with Crippen LogP contribution >= 0.6 is 0 Å². The molecular formula is C18H17NO4S. The maximum Gasteiger partial charge on any atom is 0.183 e. The van der Waals surface area contributed by atoms with Crippen molar-refractivity contribution in [1.29, 1.82) is 5.26 Å². The molecule has 0 radical (unpaired) electrons. The number of ether oxygens (including phenoxy) is 1. The number of aliphatic hydroxyl groups is 1. The lowest BCUT2D eigenvalue weighted by Crippen LogP contribution is -2.18. The minimum absolute atomic E-state index is 0.166. The molecule has 124 valence electrons. The molecule has 2 aromatic rings. The van der Waals surface area contributed by atoms with E-state index in [9.17, 15) is 18.8 Å². The van der Waals surface area contributed by atoms with E-state index >= 15 is 0 Å². The van der Waals surface area contributed by atoms with Crippen molar-refractivity contribution in [3.05, 3.63) is 60.2 Å². The highest BCUT2D eigenvalue weighted by molar-refractivity contribution is 7.92. The largest absolute Gasteiger partial charge is 0.497 e. The van der Waals surface area contributed by atoms with Gasteiger partial charge in [0.2, 0.25) is 0 Å². The molecule has 1 aliphatic rings. The van der Waals surface area contributed by atoms with Crippen molar-refractivity contribution in [1.82, 2.24) is 0 Å². The van der Waals surface area contributed by atoms with Gasteiger partial charge in [-0.1, -0.05) is 30.3 Å². The van der Waals surface area contributed by atoms with Crippen molar-refractivity contribution in [2.75, 3.05) is 13.7 Å². The second-order valence-electron chi connectivity index (χ2n) is 5.84. The highest BCUT2D eigenvalue weighted by Gasteiger charge is 2.72. The fraction of sp³-hybridized carbons (Fsp3) is 0.278. The summed E-state index contributed by atoms with van der Waals surface area (Å²) in [5.41, 5.74) is -0.612. The van der Waals surface area contributed by atoms with E-state index in [4.69, 9.17) is 4.74 Å². The van der Waals surface area contributed by atoms with Crippen molar-refractivity contribution in [2.45, 2.75) is 16.1 Å². The molecule has 1 N–H and O–H groups in total. The van der Waals surface area contributed by atoms with Gasteiger partial charge >= 0.3 is 0 Å². The van der Waals surface area contributed by atoms with Crippen LogP contribution in [0.3, 0.4) is 0 Å². The summed E-state index contributed by atoms with van der Waals surface area (Å²) in [6.07, 6.45) is 0. The minimum atomic E-state index is -3.72. The maximum atomic E-state index is 12.9. The molecule has 1 saturated carbocycles. The molecule has 1 fully saturated rings. The van der Waals surface area contributed by atoms with Crippen molar-refractivity contribution < 1.29 is 18.3 Å². The number of rotatable bonds is 5. The third-order valence-electron chi connectivity index (χ3n) is 4.61. The molecule has 0 spiro atoms. The van der Waals surface area contributed by atoms with Gasteiger partial charge in [-0.05, 0) is 29.8 Å². The number of sulfone groups is 1. The number of nitrogens with zero attached hydrogens (tertiary/aromatic N) is 1. The van der Waals surface area contributed by atoms with Gasteiger partial charge in [0.25, 0.3) is 0 Å². The van der Waals surface area contributed by atoms with Crippen LogP contribution in [0.25, 0.3) is 0 Å². The number of hydrogen-bond donors (Lipinski definition) is 1. The van der Waals surface area contributed by atoms with Crippen LogP contribution in [0.2, 0.25) is 0 Å². The van der Waals surface area contributed by atoms with Gasteiger partial charge in [0, 0.05) is 5.92 Å². The second-order valence-corrected chi connectivity index (χ2v) is 7.91. The lowest BCUT2D eigenvalue weighted by Gasteiger charge is -2.05. The first-order valence-electron chi connectivity index (χ1n) is 7.46. The second kappa shape index (κ2) is 5.93. The van der Waals surface area contributed by atoms with Crippen LogP contribution in [0.15, 0.2) is 59.5 Å². The smallest absolute Gasteiger partial charge is 0.183 e. The normalized spacial score (nSPS) is 25.7. The van der Waals surface area contributed by atoms with E-state index in [1.54, 1.807) is 49.6 Å². The molecule has 0 aromatic heterocycles. The van der Waals surface area contributed by atoms with Crippen molar-refractivity contribution >= 4 is 9.84 Å². The van der Waals surface area contributed by atoms with E-state index in [2.05, 4.69) is 0 Å². The minimum Gasteiger partial charge on any atom is -0.497 e. The Kier molecular flexibility index (Phi) is 4.08. The fourth-order valence-electron chi connectivity index (χ4n) is 3.26. The molecule has 0 bridgehead atoms. The summed E-state index contributed by atoms with van der Waals surface area (Å²) >= 11 is 0. The van der Waals surface area contributed by atoms with E-state index < -0.39 is 33.0 Å². The van der Waals surface area contributed by atoms with E-state index in [0.717, 1.165) is 0 Å². The van der Waals surface area contributed by atoms with Crippen LogP contribution in [0, 0.1) is 16.7 Å². The highest BCUT2D eigenvalue weighted by atomic mass is 32.2. The molecule has 0 saturated heterocycles. The fourth-order valence-corrected chi connectivity index (χ4v) is 5.59. The van der Waals surface area contributed by atoms with Crippen LogP contribution in [0.1, 0.15) is 11.5 Å². The molecule has 0 heterocycles. The average molecular weight is 343 g/mol. The zero-order valence-electron chi connectivity index (χ0n) is 13.1. The Morgan fingerprint density at radius 2 is 1.79 bits per heavy atom. The van der Waals surface area contributed by atoms with E-state index in [0.29, 0.717) is 11.3 Å². The molecule has 0 amide bonds. The molecule has 1 aliphatic carbocycles. The first kappa shape index (κ1) is 16.5. The van der Waals surface area contributed by atoms with E-state index in [-0.39, 0.29) is 4.90 Å². The summed E-state index contributed by atoms with van der Waals surface area (Å²) in [6, 6.07) is 17.0. The molecule has 6 heteroatoms.